The van der Waals surface area contributed by atoms with Crippen molar-refractivity contribution in [2.45, 2.75) is 38.6 Å². The van der Waals surface area contributed by atoms with Gasteiger partial charge in [-0.05, 0) is 55.7 Å². The first-order chi connectivity index (χ1) is 13.6. The average Bonchev–Trinajstić information content (AvgIpc) is 2.94. The minimum Gasteiger partial charge on any atom is -0.305 e. The Bertz CT molecular complexity index is 1310. The third kappa shape index (κ3) is 4.50. The van der Waals surface area contributed by atoms with E-state index in [4.69, 9.17) is 6.42 Å². The minimum atomic E-state index is -3.33. The van der Waals surface area contributed by atoms with Crippen LogP contribution < -0.4 is 4.80 Å². The van der Waals surface area contributed by atoms with Gasteiger partial charge in [0.15, 0.2) is 14.6 Å². The number of hydrogen-bond donors (Lipinski definition) is 0. The largest absolute Gasteiger partial charge is 0.305 e. The van der Waals surface area contributed by atoms with Crippen LogP contribution in [-0.4, -0.2) is 25.1 Å². The molecule has 0 N–H and O–H groups in total. The van der Waals surface area contributed by atoms with Gasteiger partial charge in [-0.25, -0.2) is 8.42 Å². The summed E-state index contributed by atoms with van der Waals surface area (Å²) in [6.07, 6.45) is 6.87. The fourth-order valence-corrected chi connectivity index (χ4v) is 5.21. The van der Waals surface area contributed by atoms with Gasteiger partial charge in [0, 0.05) is 6.26 Å². The Labute approximate surface area is 174 Å². The number of carbonyl (C=O) groups excluding carboxylic acids is 1. The number of nitrogens with zero attached hydrogens (tertiary/aromatic N) is 2. The highest BCUT2D eigenvalue weighted by molar-refractivity contribution is 7.90. The predicted octanol–water partition coefficient (Wildman–Crippen LogP) is 3.33. The smallest absolute Gasteiger partial charge is 0.252 e. The SMILES string of the molecule is C#CCn1c(=NC(=O)Cc2c(C)cc(C)cc2C)sc2cc(S(C)(=O)=O)ccc21. The fraction of sp³-hybridized carbons (Fsp3) is 0.273. The Hall–Kier alpha value is -2.69. The summed E-state index contributed by atoms with van der Waals surface area (Å²) in [6, 6.07) is 8.96. The zero-order chi connectivity index (χ0) is 21.3. The topological polar surface area (TPSA) is 68.5 Å². The average molecular weight is 427 g/mol. The molecule has 0 spiro atoms. The number of aryl methyl sites for hydroxylation is 3. The molecule has 0 atom stereocenters. The Morgan fingerprint density at radius 3 is 2.41 bits per heavy atom. The van der Waals surface area contributed by atoms with E-state index in [1.54, 1.807) is 22.8 Å². The first kappa shape index (κ1) is 21.0. The number of terminal acetylenes is 1. The molecule has 0 fully saturated rings. The van der Waals surface area contributed by atoms with E-state index in [9.17, 15) is 13.2 Å². The third-order valence-electron chi connectivity index (χ3n) is 4.72. The quantitative estimate of drug-likeness (QED) is 0.601. The fourth-order valence-electron chi connectivity index (χ4n) is 3.40. The van der Waals surface area contributed by atoms with Gasteiger partial charge in [0.1, 0.15) is 0 Å². The Kier molecular flexibility index (Phi) is 5.78. The molecule has 7 heteroatoms. The summed E-state index contributed by atoms with van der Waals surface area (Å²) in [5, 5.41) is 0. The molecule has 29 heavy (non-hydrogen) atoms. The van der Waals surface area contributed by atoms with Crippen molar-refractivity contribution >= 4 is 37.3 Å². The lowest BCUT2D eigenvalue weighted by Crippen LogP contribution is -2.17. The van der Waals surface area contributed by atoms with Crippen LogP contribution in [0.4, 0.5) is 0 Å². The van der Waals surface area contributed by atoms with Gasteiger partial charge in [0.05, 0.1) is 28.1 Å². The van der Waals surface area contributed by atoms with Crippen molar-refractivity contribution < 1.29 is 13.2 Å². The van der Waals surface area contributed by atoms with Crippen molar-refractivity contribution in [3.63, 3.8) is 0 Å². The minimum absolute atomic E-state index is 0.205. The molecule has 1 heterocycles. The van der Waals surface area contributed by atoms with Crippen LogP contribution in [0.1, 0.15) is 22.3 Å². The molecular weight excluding hydrogens is 404 g/mol. The van der Waals surface area contributed by atoms with Gasteiger partial charge in [0.2, 0.25) is 0 Å². The number of amides is 1. The molecule has 150 valence electrons. The Balaban J connectivity index is 2.08. The molecule has 3 aromatic rings. The lowest BCUT2D eigenvalue weighted by molar-refractivity contribution is -0.117. The molecule has 1 amide bonds. The van der Waals surface area contributed by atoms with Crippen LogP contribution in [0.2, 0.25) is 0 Å². The molecule has 0 bridgehead atoms. The molecule has 0 radical (unpaired) electrons. The molecule has 0 unspecified atom stereocenters. The van der Waals surface area contributed by atoms with Crippen LogP contribution in [0.25, 0.3) is 10.2 Å². The van der Waals surface area contributed by atoms with E-state index in [0.29, 0.717) is 4.80 Å². The predicted molar refractivity (Wildman–Crippen MR) is 117 cm³/mol. The maximum Gasteiger partial charge on any atom is 0.252 e. The number of rotatable bonds is 4. The van der Waals surface area contributed by atoms with Gasteiger partial charge in [-0.1, -0.05) is 35.0 Å². The van der Waals surface area contributed by atoms with Gasteiger partial charge in [0.25, 0.3) is 5.91 Å². The van der Waals surface area contributed by atoms with E-state index in [0.717, 1.165) is 38.7 Å². The molecule has 0 saturated carbocycles. The number of hydrogen-bond acceptors (Lipinski definition) is 4. The van der Waals surface area contributed by atoms with Gasteiger partial charge in [-0.15, -0.1) is 6.42 Å². The van der Waals surface area contributed by atoms with Crippen LogP contribution >= 0.6 is 11.3 Å². The van der Waals surface area contributed by atoms with Crippen molar-refractivity contribution in [2.75, 3.05) is 6.26 Å². The van der Waals surface area contributed by atoms with E-state index in [1.165, 1.54) is 11.3 Å². The molecule has 2 aromatic carbocycles. The Morgan fingerprint density at radius 1 is 1.17 bits per heavy atom. The number of sulfone groups is 1. The molecule has 1 aromatic heterocycles. The highest BCUT2D eigenvalue weighted by Gasteiger charge is 2.14. The highest BCUT2D eigenvalue weighted by atomic mass is 32.2. The van der Waals surface area contributed by atoms with Crippen LogP contribution in [-0.2, 0) is 27.6 Å². The van der Waals surface area contributed by atoms with Gasteiger partial charge in [-0.3, -0.25) is 4.79 Å². The summed E-state index contributed by atoms with van der Waals surface area (Å²) in [5.41, 5.74) is 5.03. The first-order valence-corrected chi connectivity index (χ1v) is 11.7. The first-order valence-electron chi connectivity index (χ1n) is 9.01. The zero-order valence-corrected chi connectivity index (χ0v) is 18.4. The van der Waals surface area contributed by atoms with Crippen LogP contribution in [0.3, 0.4) is 0 Å². The van der Waals surface area contributed by atoms with Crippen molar-refractivity contribution in [3.05, 3.63) is 57.4 Å². The summed E-state index contributed by atoms with van der Waals surface area (Å²) >= 11 is 1.26. The van der Waals surface area contributed by atoms with Crippen molar-refractivity contribution in [1.29, 1.82) is 0 Å². The monoisotopic (exact) mass is 426 g/mol. The summed E-state index contributed by atoms with van der Waals surface area (Å²) in [5.74, 6) is 2.31. The van der Waals surface area contributed by atoms with Crippen LogP contribution in [0, 0.1) is 33.1 Å². The lowest BCUT2D eigenvalue weighted by atomic mass is 9.97. The van der Waals surface area contributed by atoms with Crippen molar-refractivity contribution in [1.82, 2.24) is 4.57 Å². The van der Waals surface area contributed by atoms with Gasteiger partial charge < -0.3 is 4.57 Å². The van der Waals surface area contributed by atoms with Gasteiger partial charge in [-0.2, -0.15) is 4.99 Å². The third-order valence-corrected chi connectivity index (χ3v) is 6.87. The van der Waals surface area contributed by atoms with E-state index < -0.39 is 9.84 Å². The molecule has 0 aliphatic rings. The maximum atomic E-state index is 12.7. The molecule has 0 aliphatic carbocycles. The number of carbonyl (C=O) groups is 1. The number of benzene rings is 2. The van der Waals surface area contributed by atoms with Crippen molar-refractivity contribution in [3.8, 4) is 12.3 Å². The van der Waals surface area contributed by atoms with E-state index in [-0.39, 0.29) is 23.8 Å². The molecule has 0 saturated heterocycles. The second kappa shape index (κ2) is 7.97. The Morgan fingerprint density at radius 2 is 1.83 bits per heavy atom. The van der Waals surface area contributed by atoms with Crippen LogP contribution in [0.15, 0.2) is 40.2 Å². The normalized spacial score (nSPS) is 12.3. The lowest BCUT2D eigenvalue weighted by Gasteiger charge is -2.09. The van der Waals surface area contributed by atoms with E-state index in [2.05, 4.69) is 23.0 Å². The van der Waals surface area contributed by atoms with Gasteiger partial charge >= 0.3 is 0 Å². The number of fused-ring (bicyclic) bond motifs is 1. The van der Waals surface area contributed by atoms with E-state index >= 15 is 0 Å². The van der Waals surface area contributed by atoms with Crippen LogP contribution in [0.5, 0.6) is 0 Å². The molecule has 5 nitrogen and oxygen atoms in total. The second-order valence-corrected chi connectivity index (χ2v) is 10.2. The number of aromatic nitrogens is 1. The molecule has 0 aliphatic heterocycles. The van der Waals surface area contributed by atoms with Crippen molar-refractivity contribution in [2.24, 2.45) is 4.99 Å². The highest BCUT2D eigenvalue weighted by Crippen LogP contribution is 2.22. The standard InChI is InChI=1S/C22H22N2O3S2/c1-6-9-24-19-8-7-17(29(5,26)27)12-20(19)28-22(24)23-21(25)13-18-15(3)10-14(2)11-16(18)4/h1,7-8,10-12H,9,13H2,2-5H3. The summed E-state index contributed by atoms with van der Waals surface area (Å²) < 4.78 is 26.2. The summed E-state index contributed by atoms with van der Waals surface area (Å²) in [7, 11) is -3.33. The summed E-state index contributed by atoms with van der Waals surface area (Å²) in [4.78, 5) is 17.7. The second-order valence-electron chi connectivity index (χ2n) is 7.14. The zero-order valence-electron chi connectivity index (χ0n) is 16.8. The molecular formula is C22H22N2O3S2. The van der Waals surface area contributed by atoms with E-state index in [1.807, 2.05) is 20.8 Å². The maximum absolute atomic E-state index is 12.7. The summed E-state index contributed by atoms with van der Waals surface area (Å²) in [6.45, 7) is 6.26. The molecule has 3 rings (SSSR count). The number of thiazole rings is 1.